The van der Waals surface area contributed by atoms with Gasteiger partial charge >= 0.3 is 0 Å². The highest BCUT2D eigenvalue weighted by atomic mass is 127. The molecular formula is C13H13F2IN2O2. The predicted octanol–water partition coefficient (Wildman–Crippen LogP) is 1.68. The molecule has 108 valence electrons. The lowest BCUT2D eigenvalue weighted by atomic mass is 9.95. The van der Waals surface area contributed by atoms with Gasteiger partial charge in [-0.25, -0.2) is 8.78 Å². The van der Waals surface area contributed by atoms with Gasteiger partial charge < -0.3 is 10.6 Å². The van der Waals surface area contributed by atoms with Gasteiger partial charge in [0.05, 0.1) is 9.49 Å². The Balaban J connectivity index is 2.14. The zero-order chi connectivity index (χ0) is 14.9. The summed E-state index contributed by atoms with van der Waals surface area (Å²) in [7, 11) is 0. The summed E-state index contributed by atoms with van der Waals surface area (Å²) in [6.07, 6.45) is 0.401. The highest BCUT2D eigenvalue weighted by molar-refractivity contribution is 14.1. The van der Waals surface area contributed by atoms with Crippen LogP contribution >= 0.6 is 22.6 Å². The maximum absolute atomic E-state index is 13.5. The van der Waals surface area contributed by atoms with Gasteiger partial charge in [-0.05, 0) is 46.7 Å². The molecule has 0 spiro atoms. The number of hydrogen-bond acceptors (Lipinski definition) is 2. The van der Waals surface area contributed by atoms with Crippen LogP contribution in [0.2, 0.25) is 0 Å². The van der Waals surface area contributed by atoms with E-state index in [1.807, 2.05) is 0 Å². The molecule has 1 saturated heterocycles. The van der Waals surface area contributed by atoms with E-state index < -0.39 is 17.6 Å². The molecule has 0 bridgehead atoms. The molecule has 1 aliphatic rings. The Labute approximate surface area is 128 Å². The van der Waals surface area contributed by atoms with Crippen molar-refractivity contribution in [3.05, 3.63) is 32.9 Å². The molecule has 1 heterocycles. The number of nitrogens with one attached hydrogen (secondary N) is 2. The molecular weight excluding hydrogens is 381 g/mol. The monoisotopic (exact) mass is 394 g/mol. The van der Waals surface area contributed by atoms with Crippen LogP contribution in [-0.2, 0) is 9.59 Å². The van der Waals surface area contributed by atoms with Crippen LogP contribution in [0.25, 0.3) is 0 Å². The van der Waals surface area contributed by atoms with E-state index in [0.717, 1.165) is 0 Å². The molecule has 0 aromatic heterocycles. The SMILES string of the molecule is CC(=O)NC[C@H]1CC(c2cc(F)c(I)c(F)c2)C(=O)N1. The Morgan fingerprint density at radius 3 is 2.60 bits per heavy atom. The fourth-order valence-electron chi connectivity index (χ4n) is 2.22. The molecule has 2 amide bonds. The minimum atomic E-state index is -0.668. The fourth-order valence-corrected chi connectivity index (χ4v) is 2.53. The summed E-state index contributed by atoms with van der Waals surface area (Å²) in [6.45, 7) is 1.70. The van der Waals surface area contributed by atoms with Gasteiger partial charge in [-0.1, -0.05) is 0 Å². The molecule has 0 saturated carbocycles. The lowest BCUT2D eigenvalue weighted by Crippen LogP contribution is -2.37. The van der Waals surface area contributed by atoms with Gasteiger partial charge in [-0.15, -0.1) is 0 Å². The van der Waals surface area contributed by atoms with Gasteiger partial charge in [0.25, 0.3) is 0 Å². The van der Waals surface area contributed by atoms with Crippen LogP contribution in [0.15, 0.2) is 12.1 Å². The smallest absolute Gasteiger partial charge is 0.227 e. The Hall–Kier alpha value is -1.25. The first-order chi connectivity index (χ1) is 9.38. The molecule has 1 fully saturated rings. The van der Waals surface area contributed by atoms with Crippen molar-refractivity contribution in [3.63, 3.8) is 0 Å². The second-order valence-electron chi connectivity index (χ2n) is 4.73. The summed E-state index contributed by atoms with van der Waals surface area (Å²) in [5.41, 5.74) is 0.322. The van der Waals surface area contributed by atoms with Crippen molar-refractivity contribution in [1.29, 1.82) is 0 Å². The molecule has 2 N–H and O–H groups in total. The van der Waals surface area contributed by atoms with Gasteiger partial charge in [0.1, 0.15) is 11.6 Å². The van der Waals surface area contributed by atoms with Crippen LogP contribution < -0.4 is 10.6 Å². The van der Waals surface area contributed by atoms with E-state index in [2.05, 4.69) is 10.6 Å². The first kappa shape index (κ1) is 15.1. The number of carbonyl (C=O) groups excluding carboxylic acids is 2. The lowest BCUT2D eigenvalue weighted by molar-refractivity contribution is -0.121. The molecule has 20 heavy (non-hydrogen) atoms. The minimum absolute atomic E-state index is 0.0837. The molecule has 1 aliphatic heterocycles. The van der Waals surface area contributed by atoms with Crippen LogP contribution in [0.4, 0.5) is 8.78 Å². The first-order valence-corrected chi connectivity index (χ1v) is 7.15. The van der Waals surface area contributed by atoms with Crippen LogP contribution in [0, 0.1) is 15.2 Å². The van der Waals surface area contributed by atoms with Crippen molar-refractivity contribution in [2.45, 2.75) is 25.3 Å². The van der Waals surface area contributed by atoms with Crippen molar-refractivity contribution in [3.8, 4) is 0 Å². The predicted molar refractivity (Wildman–Crippen MR) is 77.0 cm³/mol. The van der Waals surface area contributed by atoms with E-state index in [1.165, 1.54) is 19.1 Å². The van der Waals surface area contributed by atoms with Crippen LogP contribution in [-0.4, -0.2) is 24.4 Å². The van der Waals surface area contributed by atoms with Gasteiger partial charge in [0.2, 0.25) is 11.8 Å². The highest BCUT2D eigenvalue weighted by Gasteiger charge is 2.33. The van der Waals surface area contributed by atoms with E-state index in [1.54, 1.807) is 22.6 Å². The summed E-state index contributed by atoms with van der Waals surface area (Å²) in [4.78, 5) is 22.7. The Bertz CT molecular complexity index is 542. The molecule has 7 heteroatoms. The van der Waals surface area contributed by atoms with E-state index in [9.17, 15) is 18.4 Å². The average molecular weight is 394 g/mol. The molecule has 0 radical (unpaired) electrons. The van der Waals surface area contributed by atoms with Gasteiger partial charge in [-0.3, -0.25) is 9.59 Å². The highest BCUT2D eigenvalue weighted by Crippen LogP contribution is 2.29. The molecule has 1 aromatic rings. The van der Waals surface area contributed by atoms with Crippen LogP contribution in [0.5, 0.6) is 0 Å². The van der Waals surface area contributed by atoms with Crippen molar-refractivity contribution in [2.75, 3.05) is 6.54 Å². The Kier molecular flexibility index (Phi) is 4.56. The fraction of sp³-hybridized carbons (Fsp3) is 0.385. The second-order valence-corrected chi connectivity index (χ2v) is 5.81. The topological polar surface area (TPSA) is 58.2 Å². The van der Waals surface area contributed by atoms with E-state index in [-0.39, 0.29) is 21.4 Å². The van der Waals surface area contributed by atoms with Crippen LogP contribution in [0.1, 0.15) is 24.8 Å². The third-order valence-electron chi connectivity index (χ3n) is 3.19. The number of amides is 2. The molecule has 2 atom stereocenters. The van der Waals surface area contributed by atoms with E-state index in [4.69, 9.17) is 0 Å². The number of hydrogen-bond donors (Lipinski definition) is 2. The third-order valence-corrected chi connectivity index (χ3v) is 4.22. The number of benzene rings is 1. The average Bonchev–Trinajstić information content (AvgIpc) is 2.74. The number of rotatable bonds is 3. The second kappa shape index (κ2) is 6.02. The van der Waals surface area contributed by atoms with Gasteiger partial charge in [-0.2, -0.15) is 0 Å². The van der Waals surface area contributed by atoms with Crippen molar-refractivity contribution >= 4 is 34.4 Å². The number of carbonyl (C=O) groups is 2. The normalized spacial score (nSPS) is 21.7. The van der Waals surface area contributed by atoms with Crippen molar-refractivity contribution in [2.24, 2.45) is 0 Å². The summed E-state index contributed by atoms with van der Waals surface area (Å²) in [5.74, 6) is -2.39. The van der Waals surface area contributed by atoms with Crippen LogP contribution in [0.3, 0.4) is 0 Å². The quantitative estimate of drug-likeness (QED) is 0.606. The summed E-state index contributed by atoms with van der Waals surface area (Å²) < 4.78 is 27.0. The Morgan fingerprint density at radius 1 is 1.45 bits per heavy atom. The minimum Gasteiger partial charge on any atom is -0.354 e. The molecule has 4 nitrogen and oxygen atoms in total. The van der Waals surface area contributed by atoms with E-state index in [0.29, 0.717) is 18.5 Å². The lowest BCUT2D eigenvalue weighted by Gasteiger charge is -2.10. The summed E-state index contributed by atoms with van der Waals surface area (Å²) >= 11 is 1.58. The maximum Gasteiger partial charge on any atom is 0.227 e. The van der Waals surface area contributed by atoms with Gasteiger partial charge in [0, 0.05) is 19.5 Å². The van der Waals surface area contributed by atoms with E-state index >= 15 is 0 Å². The molecule has 0 aliphatic carbocycles. The molecule has 1 aromatic carbocycles. The number of halogens is 3. The summed E-state index contributed by atoms with van der Waals surface area (Å²) in [5, 5.41) is 5.32. The Morgan fingerprint density at radius 2 is 2.05 bits per heavy atom. The third kappa shape index (κ3) is 3.25. The molecule has 1 unspecified atom stereocenters. The largest absolute Gasteiger partial charge is 0.354 e. The zero-order valence-corrected chi connectivity index (χ0v) is 12.8. The standard InChI is InChI=1S/C13H13F2IN2O2/c1-6(19)17-5-8-4-9(13(20)18-8)7-2-10(14)12(16)11(15)3-7/h2-3,8-9H,4-5H2,1H3,(H,17,19)(H,18,20)/t8-,9?/m1/s1. The first-order valence-electron chi connectivity index (χ1n) is 6.07. The summed E-state index contributed by atoms with van der Waals surface area (Å²) in [6, 6.07) is 2.16. The van der Waals surface area contributed by atoms with Crippen molar-refractivity contribution in [1.82, 2.24) is 10.6 Å². The molecule has 2 rings (SSSR count). The maximum atomic E-state index is 13.5. The zero-order valence-electron chi connectivity index (χ0n) is 10.7. The van der Waals surface area contributed by atoms with Gasteiger partial charge in [0.15, 0.2) is 0 Å². The van der Waals surface area contributed by atoms with Crippen molar-refractivity contribution < 1.29 is 18.4 Å².